The summed E-state index contributed by atoms with van der Waals surface area (Å²) in [6.07, 6.45) is -10.9. The maximum absolute atomic E-state index is 13.8. The fraction of sp³-hybridized carbons (Fsp3) is 0.333. The molecule has 0 aliphatic heterocycles. The molecule has 0 fully saturated rings. The summed E-state index contributed by atoms with van der Waals surface area (Å²) in [6, 6.07) is 3.15. The Morgan fingerprint density at radius 1 is 1.15 bits per heavy atom. The van der Waals surface area contributed by atoms with Crippen molar-refractivity contribution in [3.05, 3.63) is 47.0 Å². The predicted octanol–water partition coefficient (Wildman–Crippen LogP) is 3.87. The van der Waals surface area contributed by atoms with Gasteiger partial charge in [-0.25, -0.2) is 4.39 Å². The van der Waals surface area contributed by atoms with Crippen molar-refractivity contribution >= 4 is 5.91 Å². The van der Waals surface area contributed by atoms with Gasteiger partial charge in [0.15, 0.2) is 5.69 Å². The van der Waals surface area contributed by atoms with E-state index < -0.39 is 60.7 Å². The number of nitrogens with one attached hydrogen (secondary N) is 1. The molecule has 2 aromatic rings. The molecule has 1 aromatic heterocycles. The highest BCUT2D eigenvalue weighted by Gasteiger charge is 2.35. The Labute approximate surface area is 147 Å². The van der Waals surface area contributed by atoms with Crippen molar-refractivity contribution in [2.24, 2.45) is 0 Å². The largest absolute Gasteiger partial charge is 0.508 e. The van der Waals surface area contributed by atoms with Gasteiger partial charge in [-0.3, -0.25) is 9.89 Å². The van der Waals surface area contributed by atoms with E-state index in [2.05, 4.69) is 5.10 Å². The number of aromatic hydroxyl groups is 1. The van der Waals surface area contributed by atoms with Gasteiger partial charge in [0, 0.05) is 30.8 Å². The number of amides is 1. The topological polar surface area (TPSA) is 69.2 Å². The van der Waals surface area contributed by atoms with E-state index in [1.807, 2.05) is 0 Å². The van der Waals surface area contributed by atoms with Crippen molar-refractivity contribution in [3.63, 3.8) is 0 Å². The van der Waals surface area contributed by atoms with Gasteiger partial charge in [0.25, 0.3) is 5.91 Å². The number of hydrogen-bond acceptors (Lipinski definition) is 3. The number of aromatic nitrogens is 2. The molecule has 0 saturated heterocycles. The van der Waals surface area contributed by atoms with Crippen molar-refractivity contribution in [3.8, 4) is 5.75 Å². The van der Waals surface area contributed by atoms with Crippen LogP contribution in [0.15, 0.2) is 24.3 Å². The second kappa shape index (κ2) is 7.45. The summed E-state index contributed by atoms with van der Waals surface area (Å²) in [5.41, 5.74) is -2.34. The summed E-state index contributed by atoms with van der Waals surface area (Å²) in [5, 5.41) is 13.9. The molecule has 12 heteroatoms. The van der Waals surface area contributed by atoms with Gasteiger partial charge in [-0.15, -0.1) is 0 Å². The Hall–Kier alpha value is -2.79. The maximum atomic E-state index is 13.8. The number of halogens is 7. The average molecular weight is 399 g/mol. The van der Waals surface area contributed by atoms with E-state index in [9.17, 15) is 35.5 Å². The van der Waals surface area contributed by atoms with Crippen molar-refractivity contribution in [1.29, 1.82) is 0 Å². The highest BCUT2D eigenvalue weighted by atomic mass is 19.4. The Morgan fingerprint density at radius 2 is 1.81 bits per heavy atom. The van der Waals surface area contributed by atoms with Crippen LogP contribution in [-0.2, 0) is 12.7 Å². The van der Waals surface area contributed by atoms with E-state index in [0.29, 0.717) is 17.0 Å². The maximum Gasteiger partial charge on any atom is 0.432 e. The molecule has 0 spiro atoms. The second-order valence-electron chi connectivity index (χ2n) is 5.53. The number of phenols is 1. The Kier molecular flexibility index (Phi) is 5.66. The van der Waals surface area contributed by atoms with Crippen LogP contribution in [0.1, 0.15) is 28.2 Å². The molecule has 0 unspecified atom stereocenters. The molecule has 5 nitrogen and oxygen atoms in total. The smallest absolute Gasteiger partial charge is 0.432 e. The molecule has 1 amide bonds. The molecular formula is C15H12F7N3O2. The minimum Gasteiger partial charge on any atom is -0.508 e. The first-order chi connectivity index (χ1) is 12.4. The van der Waals surface area contributed by atoms with Gasteiger partial charge in [-0.2, -0.15) is 31.4 Å². The fourth-order valence-corrected chi connectivity index (χ4v) is 2.12. The molecule has 0 aliphatic carbocycles. The van der Waals surface area contributed by atoms with Crippen molar-refractivity contribution < 1.29 is 40.6 Å². The van der Waals surface area contributed by atoms with Crippen LogP contribution in [0.25, 0.3) is 0 Å². The lowest BCUT2D eigenvalue weighted by molar-refractivity contribution is -0.141. The van der Waals surface area contributed by atoms with Gasteiger partial charge in [-0.05, 0) is 6.07 Å². The zero-order valence-corrected chi connectivity index (χ0v) is 13.3. The molecular weight excluding hydrogens is 387 g/mol. The highest BCUT2D eigenvalue weighted by Crippen LogP contribution is 2.28. The van der Waals surface area contributed by atoms with Crippen LogP contribution in [0, 0.1) is 5.82 Å². The van der Waals surface area contributed by atoms with Crippen molar-refractivity contribution in [1.82, 2.24) is 15.1 Å². The number of alkyl halides is 6. The number of aromatic amines is 1. The zero-order chi connectivity index (χ0) is 20.4. The number of carbonyl (C=O) groups excluding carboxylic acids is 1. The number of carbonyl (C=O) groups is 1. The summed E-state index contributed by atoms with van der Waals surface area (Å²) >= 11 is 0. The normalized spacial score (nSPS) is 12.3. The first-order valence-electron chi connectivity index (χ1n) is 7.33. The van der Waals surface area contributed by atoms with Gasteiger partial charge in [-0.1, -0.05) is 6.07 Å². The SMILES string of the molecule is O=C(c1cc(C(F)(F)F)[nH]n1)N(CCC(F)(F)F)Cc1ccc(O)cc1F. The monoisotopic (exact) mass is 399 g/mol. The molecule has 2 rings (SSSR count). The minimum absolute atomic E-state index is 0.227. The average Bonchev–Trinajstić information content (AvgIpc) is 3.02. The first-order valence-corrected chi connectivity index (χ1v) is 7.33. The first kappa shape index (κ1) is 20.5. The van der Waals surface area contributed by atoms with E-state index in [4.69, 9.17) is 5.11 Å². The van der Waals surface area contributed by atoms with Crippen LogP contribution in [0.3, 0.4) is 0 Å². The zero-order valence-electron chi connectivity index (χ0n) is 13.3. The molecule has 0 radical (unpaired) electrons. The summed E-state index contributed by atoms with van der Waals surface area (Å²) < 4.78 is 89.1. The summed E-state index contributed by atoms with van der Waals surface area (Å²) in [6.45, 7) is -1.58. The summed E-state index contributed by atoms with van der Waals surface area (Å²) in [5.74, 6) is -2.66. The van der Waals surface area contributed by atoms with Crippen LogP contribution in [-0.4, -0.2) is 38.8 Å². The molecule has 0 saturated carbocycles. The number of benzene rings is 1. The molecule has 2 N–H and O–H groups in total. The molecule has 27 heavy (non-hydrogen) atoms. The highest BCUT2D eigenvalue weighted by molar-refractivity contribution is 5.92. The number of hydrogen-bond donors (Lipinski definition) is 2. The van der Waals surface area contributed by atoms with E-state index in [0.717, 1.165) is 12.1 Å². The third-order valence-corrected chi connectivity index (χ3v) is 3.45. The summed E-state index contributed by atoms with van der Waals surface area (Å²) in [7, 11) is 0. The predicted molar refractivity (Wildman–Crippen MR) is 77.1 cm³/mol. The van der Waals surface area contributed by atoms with Crippen molar-refractivity contribution in [2.45, 2.75) is 25.3 Å². The second-order valence-corrected chi connectivity index (χ2v) is 5.53. The molecule has 0 aliphatic rings. The van der Waals surface area contributed by atoms with Gasteiger partial charge in [0.2, 0.25) is 0 Å². The third kappa shape index (κ3) is 5.59. The lowest BCUT2D eigenvalue weighted by Crippen LogP contribution is -2.34. The Morgan fingerprint density at radius 3 is 2.33 bits per heavy atom. The van der Waals surface area contributed by atoms with Gasteiger partial charge in [0.05, 0.1) is 6.42 Å². The van der Waals surface area contributed by atoms with E-state index in [1.54, 1.807) is 5.10 Å². The Bertz CT molecular complexity index is 814. The fourth-order valence-electron chi connectivity index (χ4n) is 2.12. The van der Waals surface area contributed by atoms with Crippen LogP contribution in [0.4, 0.5) is 30.7 Å². The van der Waals surface area contributed by atoms with Crippen molar-refractivity contribution in [2.75, 3.05) is 6.54 Å². The van der Waals surface area contributed by atoms with Crippen LogP contribution in [0.2, 0.25) is 0 Å². The molecule has 0 atom stereocenters. The van der Waals surface area contributed by atoms with E-state index >= 15 is 0 Å². The van der Waals surface area contributed by atoms with Crippen LogP contribution in [0.5, 0.6) is 5.75 Å². The van der Waals surface area contributed by atoms with Gasteiger partial charge < -0.3 is 10.0 Å². The minimum atomic E-state index is -4.83. The molecule has 0 bridgehead atoms. The lowest BCUT2D eigenvalue weighted by atomic mass is 10.1. The van der Waals surface area contributed by atoms with Gasteiger partial charge in [0.1, 0.15) is 17.3 Å². The molecule has 1 aromatic carbocycles. The number of nitrogens with zero attached hydrogens (tertiary/aromatic N) is 2. The Balaban J connectivity index is 2.28. The lowest BCUT2D eigenvalue weighted by Gasteiger charge is -2.23. The van der Waals surface area contributed by atoms with Crippen LogP contribution < -0.4 is 0 Å². The standard InChI is InChI=1S/C15H12F7N3O2/c16-10-5-9(26)2-1-8(10)7-25(4-3-14(17,18)19)13(27)11-6-12(24-23-11)15(20,21)22/h1-2,5-6,26H,3-4,7H2,(H,23,24). The molecule has 148 valence electrons. The quantitative estimate of drug-likeness (QED) is 0.751. The summed E-state index contributed by atoms with van der Waals surface area (Å²) in [4.78, 5) is 12.8. The number of rotatable bonds is 5. The van der Waals surface area contributed by atoms with Crippen LogP contribution >= 0.6 is 0 Å². The number of H-pyrrole nitrogens is 1. The van der Waals surface area contributed by atoms with E-state index in [-0.39, 0.29) is 5.56 Å². The number of phenolic OH excluding ortho intramolecular Hbond substituents is 1. The van der Waals surface area contributed by atoms with Gasteiger partial charge >= 0.3 is 12.4 Å². The molecule has 1 heterocycles. The third-order valence-electron chi connectivity index (χ3n) is 3.45. The van der Waals surface area contributed by atoms with E-state index in [1.165, 1.54) is 0 Å².